The van der Waals surface area contributed by atoms with Crippen LogP contribution >= 0.6 is 0 Å². The van der Waals surface area contributed by atoms with Crippen molar-refractivity contribution >= 4 is 5.91 Å². The van der Waals surface area contributed by atoms with Gasteiger partial charge in [0.1, 0.15) is 5.76 Å². The SMILES string of the molecule is Cc1ccc(C2(CCNC(=O)c3ccc(C)o3)CCOC(C(C)C)C2)cc1. The fourth-order valence-corrected chi connectivity index (χ4v) is 3.98. The van der Waals surface area contributed by atoms with Crippen molar-refractivity contribution in [2.24, 2.45) is 5.92 Å². The van der Waals surface area contributed by atoms with Crippen molar-refractivity contribution in [1.29, 1.82) is 0 Å². The predicted molar refractivity (Wildman–Crippen MR) is 107 cm³/mol. The number of rotatable bonds is 6. The topological polar surface area (TPSA) is 51.5 Å². The van der Waals surface area contributed by atoms with Gasteiger partial charge >= 0.3 is 0 Å². The second kappa shape index (κ2) is 8.30. The third kappa shape index (κ3) is 4.62. The lowest BCUT2D eigenvalue weighted by Crippen LogP contribution is -2.43. The smallest absolute Gasteiger partial charge is 0.286 e. The fourth-order valence-electron chi connectivity index (χ4n) is 3.98. The first kappa shape index (κ1) is 19.7. The summed E-state index contributed by atoms with van der Waals surface area (Å²) < 4.78 is 11.5. The van der Waals surface area contributed by atoms with E-state index in [1.54, 1.807) is 6.07 Å². The standard InChI is InChI=1S/C23H31NO3/c1-16(2)21-15-23(12-14-26-21,19-8-5-17(3)6-9-19)11-13-24-22(25)20-10-7-18(4)27-20/h5-10,16,21H,11-15H2,1-4H3,(H,24,25). The normalized spacial score (nSPS) is 22.8. The Bertz CT molecular complexity index is 762. The molecule has 2 aromatic rings. The molecule has 2 heterocycles. The molecule has 0 aliphatic carbocycles. The van der Waals surface area contributed by atoms with Gasteiger partial charge in [0.15, 0.2) is 5.76 Å². The molecular weight excluding hydrogens is 338 g/mol. The Hall–Kier alpha value is -2.07. The summed E-state index contributed by atoms with van der Waals surface area (Å²) in [5.74, 6) is 1.47. The largest absolute Gasteiger partial charge is 0.456 e. The predicted octanol–water partition coefficient (Wildman–Crippen LogP) is 4.79. The highest BCUT2D eigenvalue weighted by molar-refractivity contribution is 5.91. The van der Waals surface area contributed by atoms with Crippen LogP contribution in [0.3, 0.4) is 0 Å². The molecule has 1 aliphatic heterocycles. The molecule has 1 aromatic heterocycles. The summed E-state index contributed by atoms with van der Waals surface area (Å²) in [6.45, 7) is 9.79. The molecule has 2 unspecified atom stereocenters. The van der Waals surface area contributed by atoms with E-state index in [1.807, 2.05) is 13.0 Å². The van der Waals surface area contributed by atoms with E-state index in [-0.39, 0.29) is 17.4 Å². The monoisotopic (exact) mass is 369 g/mol. The summed E-state index contributed by atoms with van der Waals surface area (Å²) in [6.07, 6.45) is 3.12. The van der Waals surface area contributed by atoms with E-state index in [2.05, 4.69) is 50.4 Å². The molecule has 1 aromatic carbocycles. The number of ether oxygens (including phenoxy) is 1. The molecule has 0 saturated carbocycles. The van der Waals surface area contributed by atoms with Gasteiger partial charge in [0.25, 0.3) is 5.91 Å². The number of nitrogens with one attached hydrogen (secondary N) is 1. The molecule has 0 radical (unpaired) electrons. The summed E-state index contributed by atoms with van der Waals surface area (Å²) in [5, 5.41) is 3.04. The molecule has 1 saturated heterocycles. The maximum absolute atomic E-state index is 12.3. The Balaban J connectivity index is 1.74. The summed E-state index contributed by atoms with van der Waals surface area (Å²) in [7, 11) is 0. The van der Waals surface area contributed by atoms with Crippen LogP contribution in [0.5, 0.6) is 0 Å². The fraction of sp³-hybridized carbons (Fsp3) is 0.522. The number of carbonyl (C=O) groups is 1. The quantitative estimate of drug-likeness (QED) is 0.796. The lowest BCUT2D eigenvalue weighted by Gasteiger charge is -2.43. The number of furan rings is 1. The van der Waals surface area contributed by atoms with Gasteiger partial charge in [-0.2, -0.15) is 0 Å². The summed E-state index contributed by atoms with van der Waals surface area (Å²) >= 11 is 0. The van der Waals surface area contributed by atoms with E-state index in [0.29, 0.717) is 18.2 Å². The van der Waals surface area contributed by atoms with Gasteiger partial charge in [0.05, 0.1) is 6.10 Å². The van der Waals surface area contributed by atoms with Crippen molar-refractivity contribution < 1.29 is 13.9 Å². The molecule has 0 spiro atoms. The van der Waals surface area contributed by atoms with Gasteiger partial charge in [-0.3, -0.25) is 4.79 Å². The average Bonchev–Trinajstić information content (AvgIpc) is 3.09. The van der Waals surface area contributed by atoms with Crippen LogP contribution < -0.4 is 5.32 Å². The molecule has 0 bridgehead atoms. The molecule has 2 atom stereocenters. The van der Waals surface area contributed by atoms with E-state index in [4.69, 9.17) is 9.15 Å². The molecule has 3 rings (SSSR count). The number of carbonyl (C=O) groups excluding carboxylic acids is 1. The molecule has 4 nitrogen and oxygen atoms in total. The Morgan fingerprint density at radius 3 is 2.56 bits per heavy atom. The highest BCUT2D eigenvalue weighted by Gasteiger charge is 2.39. The molecule has 1 aliphatic rings. The first-order valence-corrected chi connectivity index (χ1v) is 9.93. The average molecular weight is 370 g/mol. The molecule has 27 heavy (non-hydrogen) atoms. The van der Waals surface area contributed by atoms with Gasteiger partial charge in [0, 0.05) is 18.6 Å². The van der Waals surface area contributed by atoms with Gasteiger partial charge in [-0.1, -0.05) is 43.7 Å². The van der Waals surface area contributed by atoms with Gasteiger partial charge < -0.3 is 14.5 Å². The van der Waals surface area contributed by atoms with E-state index >= 15 is 0 Å². The Kier molecular flexibility index (Phi) is 6.05. The maximum atomic E-state index is 12.3. The van der Waals surface area contributed by atoms with Gasteiger partial charge in [0.2, 0.25) is 0 Å². The number of amides is 1. The van der Waals surface area contributed by atoms with Crippen LogP contribution in [0.1, 0.15) is 60.6 Å². The minimum atomic E-state index is -0.144. The van der Waals surface area contributed by atoms with Crippen LogP contribution in [-0.2, 0) is 10.2 Å². The highest BCUT2D eigenvalue weighted by atomic mass is 16.5. The molecule has 1 N–H and O–H groups in total. The van der Waals surface area contributed by atoms with Crippen molar-refractivity contribution in [3.8, 4) is 0 Å². The van der Waals surface area contributed by atoms with Crippen LogP contribution in [0.25, 0.3) is 0 Å². The van der Waals surface area contributed by atoms with Crippen molar-refractivity contribution in [1.82, 2.24) is 5.32 Å². The first-order chi connectivity index (χ1) is 12.9. The van der Waals surface area contributed by atoms with Crippen molar-refractivity contribution in [3.05, 3.63) is 59.0 Å². The minimum absolute atomic E-state index is 0.0350. The van der Waals surface area contributed by atoms with Crippen LogP contribution in [0.4, 0.5) is 0 Å². The van der Waals surface area contributed by atoms with Gasteiger partial charge in [-0.05, 0) is 56.7 Å². The summed E-state index contributed by atoms with van der Waals surface area (Å²) in [4.78, 5) is 12.3. The van der Waals surface area contributed by atoms with E-state index in [0.717, 1.165) is 31.6 Å². The second-order valence-electron chi connectivity index (χ2n) is 8.17. The molecule has 1 amide bonds. The van der Waals surface area contributed by atoms with Crippen LogP contribution in [0, 0.1) is 19.8 Å². The van der Waals surface area contributed by atoms with Gasteiger partial charge in [-0.15, -0.1) is 0 Å². The van der Waals surface area contributed by atoms with Crippen LogP contribution in [0.2, 0.25) is 0 Å². The summed E-state index contributed by atoms with van der Waals surface area (Å²) in [6, 6.07) is 12.4. The number of hydrogen-bond acceptors (Lipinski definition) is 3. The Morgan fingerprint density at radius 2 is 1.93 bits per heavy atom. The Morgan fingerprint density at radius 1 is 1.19 bits per heavy atom. The highest BCUT2D eigenvalue weighted by Crippen LogP contribution is 2.41. The number of aryl methyl sites for hydroxylation is 2. The molecule has 4 heteroatoms. The zero-order chi connectivity index (χ0) is 19.4. The molecule has 146 valence electrons. The van der Waals surface area contributed by atoms with Crippen LogP contribution in [0.15, 0.2) is 40.8 Å². The number of benzene rings is 1. The third-order valence-electron chi connectivity index (χ3n) is 5.77. The minimum Gasteiger partial charge on any atom is -0.456 e. The van der Waals surface area contributed by atoms with Crippen molar-refractivity contribution in [2.75, 3.05) is 13.2 Å². The zero-order valence-electron chi connectivity index (χ0n) is 16.9. The first-order valence-electron chi connectivity index (χ1n) is 9.93. The lowest BCUT2D eigenvalue weighted by molar-refractivity contribution is -0.0468. The summed E-state index contributed by atoms with van der Waals surface area (Å²) in [5.41, 5.74) is 2.65. The molecule has 1 fully saturated rings. The Labute approximate surface area is 162 Å². The van der Waals surface area contributed by atoms with Crippen LogP contribution in [-0.4, -0.2) is 25.2 Å². The zero-order valence-corrected chi connectivity index (χ0v) is 16.9. The maximum Gasteiger partial charge on any atom is 0.286 e. The lowest BCUT2D eigenvalue weighted by atomic mass is 9.68. The van der Waals surface area contributed by atoms with E-state index in [9.17, 15) is 4.79 Å². The second-order valence-corrected chi connectivity index (χ2v) is 8.17. The van der Waals surface area contributed by atoms with Crippen molar-refractivity contribution in [3.63, 3.8) is 0 Å². The van der Waals surface area contributed by atoms with E-state index in [1.165, 1.54) is 11.1 Å². The molecular formula is C23H31NO3. The number of hydrogen-bond donors (Lipinski definition) is 1. The van der Waals surface area contributed by atoms with E-state index < -0.39 is 0 Å². The van der Waals surface area contributed by atoms with Gasteiger partial charge in [-0.25, -0.2) is 0 Å². The van der Waals surface area contributed by atoms with Crippen molar-refractivity contribution in [2.45, 2.75) is 58.5 Å². The third-order valence-corrected chi connectivity index (χ3v) is 5.77.